The van der Waals surface area contributed by atoms with Crippen LogP contribution in [0.3, 0.4) is 0 Å². The number of methoxy groups -OCH3 is 1. The fraction of sp³-hybridized carbons (Fsp3) is 0.625. The van der Waals surface area contributed by atoms with Gasteiger partial charge >= 0.3 is 0 Å². The van der Waals surface area contributed by atoms with Crippen LogP contribution in [0.2, 0.25) is 0 Å². The third-order valence-corrected chi connectivity index (χ3v) is 4.19. The lowest BCUT2D eigenvalue weighted by molar-refractivity contribution is -0.0632. The van der Waals surface area contributed by atoms with Crippen LogP contribution in [-0.2, 0) is 5.60 Å². The number of ether oxygens (including phenoxy) is 1. The van der Waals surface area contributed by atoms with Crippen molar-refractivity contribution in [1.82, 2.24) is 4.90 Å². The molecular formula is C16H26ClNO2. The molecule has 3 nitrogen and oxygen atoms in total. The van der Waals surface area contributed by atoms with Gasteiger partial charge in [0.25, 0.3) is 0 Å². The Bertz CT molecular complexity index is 425. The minimum Gasteiger partial charge on any atom is -0.496 e. The molecule has 2 atom stereocenters. The summed E-state index contributed by atoms with van der Waals surface area (Å²) in [7, 11) is 5.81. The van der Waals surface area contributed by atoms with Crippen LogP contribution >= 0.6 is 12.4 Å². The van der Waals surface area contributed by atoms with E-state index in [4.69, 9.17) is 4.74 Å². The highest BCUT2D eigenvalue weighted by Gasteiger charge is 2.42. The standard InChI is InChI=1S/C16H25NO2.ClH/c1-17(2)12-13-8-6-7-11-16(13,18)14-9-4-5-10-15(14)19-3;/h4-5,9-10,13,18H,6-8,11-12H2,1-3H3;1H. The predicted octanol–water partition coefficient (Wildman–Crippen LogP) is 3.06. The van der Waals surface area contributed by atoms with E-state index in [1.165, 1.54) is 6.42 Å². The molecule has 0 heterocycles. The largest absolute Gasteiger partial charge is 0.496 e. The smallest absolute Gasteiger partial charge is 0.124 e. The minimum absolute atomic E-state index is 0. The lowest BCUT2D eigenvalue weighted by atomic mass is 9.71. The molecule has 1 fully saturated rings. The second-order valence-electron chi connectivity index (χ2n) is 5.83. The first-order chi connectivity index (χ1) is 9.08. The van der Waals surface area contributed by atoms with Gasteiger partial charge in [0.1, 0.15) is 5.75 Å². The summed E-state index contributed by atoms with van der Waals surface area (Å²) < 4.78 is 5.44. The Morgan fingerprint density at radius 3 is 2.65 bits per heavy atom. The number of nitrogens with zero attached hydrogens (tertiary/aromatic N) is 1. The third kappa shape index (κ3) is 3.46. The van der Waals surface area contributed by atoms with Crippen LogP contribution in [-0.4, -0.2) is 37.8 Å². The Morgan fingerprint density at radius 1 is 1.30 bits per heavy atom. The summed E-state index contributed by atoms with van der Waals surface area (Å²) >= 11 is 0. The van der Waals surface area contributed by atoms with Crippen molar-refractivity contribution in [2.75, 3.05) is 27.7 Å². The quantitative estimate of drug-likeness (QED) is 0.927. The van der Waals surface area contributed by atoms with Crippen LogP contribution < -0.4 is 4.74 Å². The Labute approximate surface area is 128 Å². The molecule has 1 aromatic carbocycles. The maximum Gasteiger partial charge on any atom is 0.124 e. The summed E-state index contributed by atoms with van der Waals surface area (Å²) in [6, 6.07) is 7.88. The highest BCUT2D eigenvalue weighted by atomic mass is 35.5. The Kier molecular flexibility index (Phi) is 6.31. The van der Waals surface area contributed by atoms with Gasteiger partial charge in [-0.3, -0.25) is 0 Å². The molecule has 0 aromatic heterocycles. The van der Waals surface area contributed by atoms with E-state index in [-0.39, 0.29) is 18.3 Å². The van der Waals surface area contributed by atoms with Crippen LogP contribution in [0.15, 0.2) is 24.3 Å². The average Bonchev–Trinajstić information content (AvgIpc) is 2.41. The summed E-state index contributed by atoms with van der Waals surface area (Å²) in [6.07, 6.45) is 4.19. The van der Waals surface area contributed by atoms with Gasteiger partial charge in [-0.25, -0.2) is 0 Å². The summed E-state index contributed by atoms with van der Waals surface area (Å²) in [4.78, 5) is 2.16. The van der Waals surface area contributed by atoms with E-state index in [0.29, 0.717) is 0 Å². The van der Waals surface area contributed by atoms with Crippen molar-refractivity contribution in [2.24, 2.45) is 5.92 Å². The second-order valence-corrected chi connectivity index (χ2v) is 5.83. The monoisotopic (exact) mass is 299 g/mol. The van der Waals surface area contributed by atoms with E-state index < -0.39 is 5.60 Å². The van der Waals surface area contributed by atoms with Gasteiger partial charge in [-0.1, -0.05) is 31.0 Å². The lowest BCUT2D eigenvalue weighted by Gasteiger charge is -2.42. The number of benzene rings is 1. The Hall–Kier alpha value is -0.770. The molecule has 0 radical (unpaired) electrons. The normalized spacial score (nSPS) is 26.1. The molecule has 2 rings (SSSR count). The number of halogens is 1. The first kappa shape index (κ1) is 17.3. The van der Waals surface area contributed by atoms with Gasteiger partial charge in [-0.15, -0.1) is 12.4 Å². The van der Waals surface area contributed by atoms with Gasteiger partial charge in [0.05, 0.1) is 12.7 Å². The molecule has 1 saturated carbocycles. The first-order valence-electron chi connectivity index (χ1n) is 7.08. The second kappa shape index (κ2) is 7.30. The zero-order valence-electron chi connectivity index (χ0n) is 12.6. The van der Waals surface area contributed by atoms with Crippen molar-refractivity contribution >= 4 is 12.4 Å². The van der Waals surface area contributed by atoms with Gasteiger partial charge in [0.15, 0.2) is 0 Å². The van der Waals surface area contributed by atoms with Crippen LogP contribution in [0.4, 0.5) is 0 Å². The van der Waals surface area contributed by atoms with Crippen molar-refractivity contribution in [3.05, 3.63) is 29.8 Å². The SMILES string of the molecule is COc1ccccc1C1(O)CCCCC1CN(C)C.Cl. The zero-order chi connectivity index (χ0) is 13.9. The molecule has 1 aromatic rings. The molecule has 0 saturated heterocycles. The van der Waals surface area contributed by atoms with Gasteiger partial charge in [0.2, 0.25) is 0 Å². The number of rotatable bonds is 4. The number of hydrogen-bond acceptors (Lipinski definition) is 3. The topological polar surface area (TPSA) is 32.7 Å². The molecule has 114 valence electrons. The maximum absolute atomic E-state index is 11.3. The molecule has 2 unspecified atom stereocenters. The highest BCUT2D eigenvalue weighted by molar-refractivity contribution is 5.85. The predicted molar refractivity (Wildman–Crippen MR) is 84.7 cm³/mol. The summed E-state index contributed by atoms with van der Waals surface area (Å²) in [6.45, 7) is 0.911. The molecule has 0 aliphatic heterocycles. The van der Waals surface area contributed by atoms with E-state index >= 15 is 0 Å². The minimum atomic E-state index is -0.755. The molecular weight excluding hydrogens is 274 g/mol. The van der Waals surface area contributed by atoms with Crippen LogP contribution in [0.5, 0.6) is 5.75 Å². The zero-order valence-corrected chi connectivity index (χ0v) is 13.4. The summed E-state index contributed by atoms with van der Waals surface area (Å²) in [5, 5.41) is 11.3. The summed E-state index contributed by atoms with van der Waals surface area (Å²) in [5.74, 6) is 1.07. The molecule has 0 bridgehead atoms. The van der Waals surface area contributed by atoms with Crippen molar-refractivity contribution in [2.45, 2.75) is 31.3 Å². The average molecular weight is 300 g/mol. The first-order valence-corrected chi connectivity index (χ1v) is 7.08. The highest BCUT2D eigenvalue weighted by Crippen LogP contribution is 2.45. The number of hydrogen-bond donors (Lipinski definition) is 1. The number of para-hydroxylation sites is 1. The molecule has 4 heteroatoms. The van der Waals surface area contributed by atoms with E-state index in [1.807, 2.05) is 24.3 Å². The van der Waals surface area contributed by atoms with Gasteiger partial charge in [0, 0.05) is 18.0 Å². The van der Waals surface area contributed by atoms with Crippen LogP contribution in [0.25, 0.3) is 0 Å². The van der Waals surface area contributed by atoms with E-state index in [0.717, 1.165) is 37.1 Å². The Morgan fingerprint density at radius 2 is 2.00 bits per heavy atom. The van der Waals surface area contributed by atoms with Crippen LogP contribution in [0, 0.1) is 5.92 Å². The molecule has 1 aliphatic rings. The van der Waals surface area contributed by atoms with Gasteiger partial charge in [-0.2, -0.15) is 0 Å². The number of aliphatic hydroxyl groups is 1. The van der Waals surface area contributed by atoms with Gasteiger partial charge < -0.3 is 14.7 Å². The van der Waals surface area contributed by atoms with Crippen LogP contribution in [0.1, 0.15) is 31.2 Å². The van der Waals surface area contributed by atoms with Gasteiger partial charge in [-0.05, 0) is 33.0 Å². The molecule has 20 heavy (non-hydrogen) atoms. The van der Waals surface area contributed by atoms with E-state index in [2.05, 4.69) is 19.0 Å². The third-order valence-electron chi connectivity index (χ3n) is 4.19. The van der Waals surface area contributed by atoms with Crippen molar-refractivity contribution in [1.29, 1.82) is 0 Å². The van der Waals surface area contributed by atoms with E-state index in [9.17, 15) is 5.11 Å². The Balaban J connectivity index is 0.00000200. The molecule has 0 amide bonds. The molecule has 0 spiro atoms. The van der Waals surface area contributed by atoms with Crippen molar-refractivity contribution < 1.29 is 9.84 Å². The summed E-state index contributed by atoms with van der Waals surface area (Å²) in [5.41, 5.74) is 0.193. The lowest BCUT2D eigenvalue weighted by Crippen LogP contribution is -2.43. The van der Waals surface area contributed by atoms with E-state index in [1.54, 1.807) is 7.11 Å². The fourth-order valence-corrected chi connectivity index (χ4v) is 3.27. The maximum atomic E-state index is 11.3. The fourth-order valence-electron chi connectivity index (χ4n) is 3.27. The molecule has 1 N–H and O–H groups in total. The molecule has 1 aliphatic carbocycles. The van der Waals surface area contributed by atoms with Crippen molar-refractivity contribution in [3.63, 3.8) is 0 Å². The van der Waals surface area contributed by atoms with Crippen molar-refractivity contribution in [3.8, 4) is 5.75 Å².